The van der Waals surface area contributed by atoms with Crippen LogP contribution >= 0.6 is 0 Å². The number of rotatable bonds is 4. The van der Waals surface area contributed by atoms with E-state index in [-0.39, 0.29) is 18.2 Å². The van der Waals surface area contributed by atoms with Gasteiger partial charge in [-0.05, 0) is 61.4 Å². The molecule has 0 bridgehead atoms. The van der Waals surface area contributed by atoms with Crippen molar-refractivity contribution in [2.75, 3.05) is 23.9 Å². The molecule has 1 aliphatic rings. The molecule has 2 amide bonds. The Morgan fingerprint density at radius 3 is 2.41 bits per heavy atom. The molecule has 0 aromatic heterocycles. The molecule has 1 atom stereocenters. The van der Waals surface area contributed by atoms with Gasteiger partial charge < -0.3 is 15.0 Å². The van der Waals surface area contributed by atoms with E-state index in [1.807, 2.05) is 32.0 Å². The number of hydrogen-bond donors (Lipinski definition) is 1. The fraction of sp³-hybridized carbons (Fsp3) is 0.286. The summed E-state index contributed by atoms with van der Waals surface area (Å²) in [6.45, 7) is 4.38. The standard InChI is InChI=1S/C21H22N2O4/c1-13-4-9-18(10-14(13)2)23-12-16(11-19(23)24)20(25)22-17-7-5-15(6-8-17)21(26)27-3/h4-10,16H,11-12H2,1-3H3,(H,22,25)/t16-/m1/s1. The lowest BCUT2D eigenvalue weighted by molar-refractivity contribution is -0.122. The largest absolute Gasteiger partial charge is 0.465 e. The van der Waals surface area contributed by atoms with Crippen LogP contribution in [-0.4, -0.2) is 31.4 Å². The van der Waals surface area contributed by atoms with Crippen molar-refractivity contribution in [2.24, 2.45) is 5.92 Å². The second-order valence-corrected chi connectivity index (χ2v) is 6.73. The monoisotopic (exact) mass is 366 g/mol. The number of amides is 2. The zero-order valence-corrected chi connectivity index (χ0v) is 15.6. The van der Waals surface area contributed by atoms with Gasteiger partial charge in [0.25, 0.3) is 0 Å². The number of methoxy groups -OCH3 is 1. The van der Waals surface area contributed by atoms with Crippen LogP contribution in [0.2, 0.25) is 0 Å². The number of anilines is 2. The third-order valence-corrected chi connectivity index (χ3v) is 4.87. The highest BCUT2D eigenvalue weighted by molar-refractivity contribution is 6.03. The van der Waals surface area contributed by atoms with Crippen molar-refractivity contribution in [1.29, 1.82) is 0 Å². The summed E-state index contributed by atoms with van der Waals surface area (Å²) in [7, 11) is 1.32. The molecule has 6 nitrogen and oxygen atoms in total. The number of carbonyl (C=O) groups excluding carboxylic acids is 3. The first kappa shape index (κ1) is 18.6. The van der Waals surface area contributed by atoms with E-state index in [1.54, 1.807) is 29.2 Å². The molecule has 1 N–H and O–H groups in total. The molecule has 27 heavy (non-hydrogen) atoms. The summed E-state index contributed by atoms with van der Waals surface area (Å²) < 4.78 is 4.65. The van der Waals surface area contributed by atoms with Gasteiger partial charge in [-0.3, -0.25) is 9.59 Å². The van der Waals surface area contributed by atoms with Crippen LogP contribution in [-0.2, 0) is 14.3 Å². The van der Waals surface area contributed by atoms with Crippen LogP contribution in [0.25, 0.3) is 0 Å². The Hall–Kier alpha value is -3.15. The number of nitrogens with one attached hydrogen (secondary N) is 1. The Kier molecular flexibility index (Phi) is 5.26. The van der Waals surface area contributed by atoms with Crippen LogP contribution in [0.3, 0.4) is 0 Å². The molecule has 2 aromatic carbocycles. The molecule has 0 unspecified atom stereocenters. The molecule has 1 aliphatic heterocycles. The lowest BCUT2D eigenvalue weighted by atomic mass is 10.1. The van der Waals surface area contributed by atoms with Crippen molar-refractivity contribution in [3.63, 3.8) is 0 Å². The highest BCUT2D eigenvalue weighted by Crippen LogP contribution is 2.27. The highest BCUT2D eigenvalue weighted by atomic mass is 16.5. The minimum absolute atomic E-state index is 0.0561. The number of benzene rings is 2. The van der Waals surface area contributed by atoms with Crippen LogP contribution < -0.4 is 10.2 Å². The van der Waals surface area contributed by atoms with Crippen molar-refractivity contribution < 1.29 is 19.1 Å². The summed E-state index contributed by atoms with van der Waals surface area (Å²) in [5, 5.41) is 2.81. The van der Waals surface area contributed by atoms with Crippen LogP contribution in [0, 0.1) is 19.8 Å². The minimum atomic E-state index is -0.432. The Balaban J connectivity index is 1.66. The molecule has 1 saturated heterocycles. The summed E-state index contributed by atoms with van der Waals surface area (Å²) in [6, 6.07) is 12.3. The molecule has 6 heteroatoms. The number of hydrogen-bond acceptors (Lipinski definition) is 4. The van der Waals surface area contributed by atoms with Gasteiger partial charge in [0.1, 0.15) is 0 Å². The predicted octanol–water partition coefficient (Wildman–Crippen LogP) is 3.08. The fourth-order valence-electron chi connectivity index (χ4n) is 3.08. The van der Waals surface area contributed by atoms with Crippen molar-refractivity contribution in [1.82, 2.24) is 0 Å². The van der Waals surface area contributed by atoms with Crippen LogP contribution in [0.1, 0.15) is 27.9 Å². The van der Waals surface area contributed by atoms with E-state index < -0.39 is 11.9 Å². The van der Waals surface area contributed by atoms with Gasteiger partial charge in [-0.25, -0.2) is 4.79 Å². The fourth-order valence-corrected chi connectivity index (χ4v) is 3.08. The van der Waals surface area contributed by atoms with E-state index in [0.717, 1.165) is 16.8 Å². The van der Waals surface area contributed by atoms with E-state index in [2.05, 4.69) is 10.1 Å². The summed E-state index contributed by atoms with van der Waals surface area (Å²) in [5.41, 5.74) is 4.08. The zero-order chi connectivity index (χ0) is 19.6. The van der Waals surface area contributed by atoms with E-state index in [0.29, 0.717) is 17.8 Å². The van der Waals surface area contributed by atoms with Crippen molar-refractivity contribution in [2.45, 2.75) is 20.3 Å². The highest BCUT2D eigenvalue weighted by Gasteiger charge is 2.35. The van der Waals surface area contributed by atoms with Gasteiger partial charge in [0, 0.05) is 24.3 Å². The number of ether oxygens (including phenoxy) is 1. The van der Waals surface area contributed by atoms with E-state index in [1.165, 1.54) is 7.11 Å². The number of aryl methyl sites for hydroxylation is 2. The quantitative estimate of drug-likeness (QED) is 0.844. The Labute approximate surface area is 158 Å². The molecule has 0 spiro atoms. The molecular formula is C21H22N2O4. The molecule has 1 fully saturated rings. The summed E-state index contributed by atoms with van der Waals surface area (Å²) in [6.07, 6.45) is 0.180. The SMILES string of the molecule is COC(=O)c1ccc(NC(=O)[C@@H]2CC(=O)N(c3ccc(C)c(C)c3)C2)cc1. The maximum atomic E-state index is 12.6. The Morgan fingerprint density at radius 1 is 1.07 bits per heavy atom. The van der Waals surface area contributed by atoms with E-state index in [4.69, 9.17) is 0 Å². The van der Waals surface area contributed by atoms with Gasteiger partial charge in [-0.1, -0.05) is 6.07 Å². The lowest BCUT2D eigenvalue weighted by Gasteiger charge is -2.18. The minimum Gasteiger partial charge on any atom is -0.465 e. The van der Waals surface area contributed by atoms with Crippen LogP contribution in [0.5, 0.6) is 0 Å². The second-order valence-electron chi connectivity index (χ2n) is 6.73. The van der Waals surface area contributed by atoms with Crippen LogP contribution in [0.4, 0.5) is 11.4 Å². The van der Waals surface area contributed by atoms with Gasteiger partial charge >= 0.3 is 5.97 Å². The first-order chi connectivity index (χ1) is 12.9. The molecule has 1 heterocycles. The third-order valence-electron chi connectivity index (χ3n) is 4.87. The van der Waals surface area contributed by atoms with Crippen molar-refractivity contribution >= 4 is 29.2 Å². The van der Waals surface area contributed by atoms with Crippen molar-refractivity contribution in [3.05, 3.63) is 59.2 Å². The van der Waals surface area contributed by atoms with Crippen LogP contribution in [0.15, 0.2) is 42.5 Å². The van der Waals surface area contributed by atoms with Gasteiger partial charge in [0.05, 0.1) is 18.6 Å². The van der Waals surface area contributed by atoms with Gasteiger partial charge in [-0.15, -0.1) is 0 Å². The summed E-state index contributed by atoms with van der Waals surface area (Å²) in [4.78, 5) is 38.1. The number of carbonyl (C=O) groups is 3. The molecule has 0 aliphatic carbocycles. The molecule has 0 radical (unpaired) electrons. The van der Waals surface area contributed by atoms with Gasteiger partial charge in [0.2, 0.25) is 11.8 Å². The average molecular weight is 366 g/mol. The first-order valence-electron chi connectivity index (χ1n) is 8.76. The third kappa shape index (κ3) is 4.00. The topological polar surface area (TPSA) is 75.7 Å². The Morgan fingerprint density at radius 2 is 1.78 bits per heavy atom. The first-order valence-corrected chi connectivity index (χ1v) is 8.76. The summed E-state index contributed by atoms with van der Waals surface area (Å²) >= 11 is 0. The molecule has 3 rings (SSSR count). The second kappa shape index (κ2) is 7.61. The summed E-state index contributed by atoms with van der Waals surface area (Å²) in [5.74, 6) is -1.11. The van der Waals surface area contributed by atoms with Gasteiger partial charge in [-0.2, -0.15) is 0 Å². The molecule has 140 valence electrons. The maximum absolute atomic E-state index is 12.6. The lowest BCUT2D eigenvalue weighted by Crippen LogP contribution is -2.28. The Bertz CT molecular complexity index is 890. The maximum Gasteiger partial charge on any atom is 0.337 e. The van der Waals surface area contributed by atoms with Crippen molar-refractivity contribution in [3.8, 4) is 0 Å². The number of nitrogens with zero attached hydrogens (tertiary/aromatic N) is 1. The average Bonchev–Trinajstić information content (AvgIpc) is 3.06. The van der Waals surface area contributed by atoms with E-state index in [9.17, 15) is 14.4 Å². The smallest absolute Gasteiger partial charge is 0.337 e. The zero-order valence-electron chi connectivity index (χ0n) is 15.6. The van der Waals surface area contributed by atoms with E-state index >= 15 is 0 Å². The molecular weight excluding hydrogens is 344 g/mol. The van der Waals surface area contributed by atoms with Gasteiger partial charge in [0.15, 0.2) is 0 Å². The molecule has 2 aromatic rings. The molecule has 0 saturated carbocycles. The normalized spacial score (nSPS) is 16.3. The number of esters is 1. The predicted molar refractivity (Wildman–Crippen MR) is 103 cm³/mol.